The summed E-state index contributed by atoms with van der Waals surface area (Å²) in [6.07, 6.45) is 2.01. The van der Waals surface area contributed by atoms with Crippen LogP contribution in [0.4, 0.5) is 4.79 Å². The lowest BCUT2D eigenvalue weighted by atomic mass is 10.3. The van der Waals surface area contributed by atoms with Crippen molar-refractivity contribution in [1.82, 2.24) is 9.80 Å². The van der Waals surface area contributed by atoms with Crippen LogP contribution in [0.3, 0.4) is 0 Å². The Labute approximate surface area is 79.1 Å². The number of carbonyl (C=O) groups is 1. The van der Waals surface area contributed by atoms with Crippen LogP contribution in [0, 0.1) is 0 Å². The summed E-state index contributed by atoms with van der Waals surface area (Å²) in [5.41, 5.74) is -0.193. The van der Waals surface area contributed by atoms with E-state index >= 15 is 0 Å². The van der Waals surface area contributed by atoms with Gasteiger partial charge >= 0.3 is 6.09 Å². The molecule has 1 rings (SSSR count). The summed E-state index contributed by atoms with van der Waals surface area (Å²) in [6, 6.07) is 0. The summed E-state index contributed by atoms with van der Waals surface area (Å²) >= 11 is 0. The quantitative estimate of drug-likeness (QED) is 0.675. The molecule has 1 aliphatic rings. The molecule has 0 aromatic rings. The van der Waals surface area contributed by atoms with E-state index in [4.69, 9.17) is 5.11 Å². The van der Waals surface area contributed by atoms with E-state index in [0.29, 0.717) is 6.54 Å². The van der Waals surface area contributed by atoms with Gasteiger partial charge in [0.1, 0.15) is 0 Å². The first-order valence-electron chi connectivity index (χ1n) is 4.72. The highest BCUT2D eigenvalue weighted by atomic mass is 16.4. The van der Waals surface area contributed by atoms with Crippen LogP contribution in [-0.2, 0) is 0 Å². The first kappa shape index (κ1) is 10.3. The third kappa shape index (κ3) is 1.77. The molecule has 0 unspecified atom stereocenters. The number of hydrogen-bond donors (Lipinski definition) is 1. The molecule has 1 aliphatic carbocycles. The van der Waals surface area contributed by atoms with Crippen LogP contribution in [0.2, 0.25) is 0 Å². The predicted molar refractivity (Wildman–Crippen MR) is 50.7 cm³/mol. The number of rotatable bonds is 4. The van der Waals surface area contributed by atoms with E-state index in [1.807, 2.05) is 25.9 Å². The molecule has 1 N–H and O–H groups in total. The molecule has 4 nitrogen and oxygen atoms in total. The van der Waals surface area contributed by atoms with Gasteiger partial charge in [-0.05, 0) is 33.4 Å². The third-order valence-electron chi connectivity index (χ3n) is 2.71. The smallest absolute Gasteiger partial charge is 0.408 e. The first-order chi connectivity index (χ1) is 6.04. The molecule has 0 radical (unpaired) electrons. The summed E-state index contributed by atoms with van der Waals surface area (Å²) in [5.74, 6) is 0. The van der Waals surface area contributed by atoms with E-state index in [1.54, 1.807) is 4.90 Å². The zero-order valence-corrected chi connectivity index (χ0v) is 8.58. The molecule has 13 heavy (non-hydrogen) atoms. The molecule has 1 amide bonds. The van der Waals surface area contributed by atoms with E-state index in [9.17, 15) is 4.79 Å². The largest absolute Gasteiger partial charge is 0.465 e. The highest BCUT2D eigenvalue weighted by molar-refractivity contribution is 5.66. The Morgan fingerprint density at radius 2 is 2.00 bits per heavy atom. The fourth-order valence-electron chi connectivity index (χ4n) is 1.78. The normalized spacial score (nSPS) is 18.8. The minimum absolute atomic E-state index is 0.193. The molecule has 4 heteroatoms. The summed E-state index contributed by atoms with van der Waals surface area (Å²) in [7, 11) is 3.89. The minimum Gasteiger partial charge on any atom is -0.465 e. The molecule has 1 saturated carbocycles. The van der Waals surface area contributed by atoms with Crippen molar-refractivity contribution >= 4 is 6.09 Å². The Morgan fingerprint density at radius 1 is 1.46 bits per heavy atom. The van der Waals surface area contributed by atoms with E-state index in [-0.39, 0.29) is 5.66 Å². The Kier molecular flexibility index (Phi) is 2.81. The monoisotopic (exact) mass is 186 g/mol. The second-order valence-electron chi connectivity index (χ2n) is 3.81. The lowest BCUT2D eigenvalue weighted by molar-refractivity contribution is 0.0537. The molecule has 0 aliphatic heterocycles. The number of carboxylic acid groups (broad SMARTS) is 1. The Hall–Kier alpha value is -0.770. The van der Waals surface area contributed by atoms with Gasteiger partial charge in [-0.2, -0.15) is 0 Å². The fraction of sp³-hybridized carbons (Fsp3) is 0.889. The molecule has 0 heterocycles. The average Bonchev–Trinajstić information content (AvgIpc) is 2.79. The van der Waals surface area contributed by atoms with Crippen molar-refractivity contribution in [3.05, 3.63) is 0 Å². The molecule has 0 saturated heterocycles. The average molecular weight is 186 g/mol. The predicted octanol–water partition coefficient (Wildman–Crippen LogP) is 1.43. The van der Waals surface area contributed by atoms with E-state index < -0.39 is 6.09 Å². The summed E-state index contributed by atoms with van der Waals surface area (Å²) in [4.78, 5) is 14.6. The summed E-state index contributed by atoms with van der Waals surface area (Å²) in [5, 5.41) is 9.03. The second-order valence-corrected chi connectivity index (χ2v) is 3.81. The molecule has 0 atom stereocenters. The Morgan fingerprint density at radius 3 is 2.23 bits per heavy atom. The lowest BCUT2D eigenvalue weighted by Crippen LogP contribution is -2.50. The Bertz CT molecular complexity index is 200. The maximum absolute atomic E-state index is 11.0. The van der Waals surface area contributed by atoms with Crippen molar-refractivity contribution in [3.8, 4) is 0 Å². The van der Waals surface area contributed by atoms with Crippen LogP contribution in [-0.4, -0.2) is 47.3 Å². The van der Waals surface area contributed by atoms with Gasteiger partial charge in [0, 0.05) is 6.54 Å². The second kappa shape index (κ2) is 3.54. The maximum atomic E-state index is 11.0. The van der Waals surface area contributed by atoms with Gasteiger partial charge in [0.15, 0.2) is 0 Å². The van der Waals surface area contributed by atoms with Gasteiger partial charge in [-0.15, -0.1) is 0 Å². The van der Waals surface area contributed by atoms with Gasteiger partial charge in [0.25, 0.3) is 0 Å². The molecular weight excluding hydrogens is 168 g/mol. The summed E-state index contributed by atoms with van der Waals surface area (Å²) < 4.78 is 0. The van der Waals surface area contributed by atoms with E-state index in [0.717, 1.165) is 19.3 Å². The lowest BCUT2D eigenvalue weighted by Gasteiger charge is -2.34. The molecular formula is C9H18N2O2. The van der Waals surface area contributed by atoms with Crippen LogP contribution < -0.4 is 0 Å². The van der Waals surface area contributed by atoms with E-state index in [2.05, 4.69) is 0 Å². The van der Waals surface area contributed by atoms with E-state index in [1.165, 1.54) is 0 Å². The molecule has 76 valence electrons. The molecule has 0 spiro atoms. The van der Waals surface area contributed by atoms with Crippen molar-refractivity contribution in [1.29, 1.82) is 0 Å². The van der Waals surface area contributed by atoms with Crippen molar-refractivity contribution in [2.45, 2.75) is 31.8 Å². The fourth-order valence-corrected chi connectivity index (χ4v) is 1.78. The zero-order valence-electron chi connectivity index (χ0n) is 8.58. The van der Waals surface area contributed by atoms with Crippen LogP contribution in [0.1, 0.15) is 26.2 Å². The van der Waals surface area contributed by atoms with Crippen molar-refractivity contribution in [2.75, 3.05) is 20.6 Å². The van der Waals surface area contributed by atoms with Crippen molar-refractivity contribution in [3.63, 3.8) is 0 Å². The molecule has 0 aromatic carbocycles. The standard InChI is InChI=1S/C9H18N2O2/c1-4-7-11(8(12)13)9(5-6-9)10(2)3/h4-7H2,1-3H3,(H,12,13). The highest BCUT2D eigenvalue weighted by Gasteiger charge is 2.51. The number of hydrogen-bond acceptors (Lipinski definition) is 2. The third-order valence-corrected chi connectivity index (χ3v) is 2.71. The zero-order chi connectivity index (χ0) is 10.1. The number of amides is 1. The van der Waals surface area contributed by atoms with Crippen LogP contribution in [0.25, 0.3) is 0 Å². The van der Waals surface area contributed by atoms with Gasteiger partial charge in [0.2, 0.25) is 0 Å². The van der Waals surface area contributed by atoms with Gasteiger partial charge in [-0.25, -0.2) is 4.79 Å². The first-order valence-corrected chi connectivity index (χ1v) is 4.72. The number of nitrogens with zero attached hydrogens (tertiary/aromatic N) is 2. The molecule has 1 fully saturated rings. The van der Waals surface area contributed by atoms with Gasteiger partial charge < -0.3 is 5.11 Å². The Balaban J connectivity index is 2.69. The van der Waals surface area contributed by atoms with Crippen LogP contribution in [0.5, 0.6) is 0 Å². The van der Waals surface area contributed by atoms with Gasteiger partial charge in [-0.1, -0.05) is 6.92 Å². The maximum Gasteiger partial charge on any atom is 0.408 e. The SMILES string of the molecule is CCCN(C(=O)O)C1(N(C)C)CC1. The summed E-state index contributed by atoms with van der Waals surface area (Å²) in [6.45, 7) is 2.63. The molecule has 0 bridgehead atoms. The van der Waals surface area contributed by atoms with Gasteiger partial charge in [0.05, 0.1) is 5.66 Å². The van der Waals surface area contributed by atoms with Crippen molar-refractivity contribution < 1.29 is 9.90 Å². The van der Waals surface area contributed by atoms with Crippen LogP contribution >= 0.6 is 0 Å². The topological polar surface area (TPSA) is 43.8 Å². The minimum atomic E-state index is -0.798. The molecule has 0 aromatic heterocycles. The van der Waals surface area contributed by atoms with Crippen LogP contribution in [0.15, 0.2) is 0 Å². The van der Waals surface area contributed by atoms with Crippen molar-refractivity contribution in [2.24, 2.45) is 0 Å². The van der Waals surface area contributed by atoms with Gasteiger partial charge in [-0.3, -0.25) is 9.80 Å². The highest BCUT2D eigenvalue weighted by Crippen LogP contribution is 2.43.